The highest BCUT2D eigenvalue weighted by molar-refractivity contribution is 5.95. The van der Waals surface area contributed by atoms with Crippen LogP contribution in [0.3, 0.4) is 0 Å². The van der Waals surface area contributed by atoms with Crippen LogP contribution in [0, 0.1) is 13.8 Å². The third-order valence-electron chi connectivity index (χ3n) is 2.72. The van der Waals surface area contributed by atoms with Gasteiger partial charge in [0.15, 0.2) is 0 Å². The standard InChI is InChI=1S/C11H15NO3/c1-7-5-10(8(2)15-7)11(14)12-4-3-9(13)6-12/h5,9,13H,3-4,6H2,1-2H3/t9-/m0/s1. The van der Waals surface area contributed by atoms with Crippen LogP contribution in [0.15, 0.2) is 10.5 Å². The van der Waals surface area contributed by atoms with Gasteiger partial charge in [0.2, 0.25) is 0 Å². The largest absolute Gasteiger partial charge is 0.466 e. The minimum Gasteiger partial charge on any atom is -0.466 e. The van der Waals surface area contributed by atoms with E-state index in [9.17, 15) is 9.90 Å². The monoisotopic (exact) mass is 209 g/mol. The Labute approximate surface area is 88.5 Å². The zero-order valence-corrected chi connectivity index (χ0v) is 8.99. The molecule has 1 saturated heterocycles. The Bertz CT molecular complexity index is 383. The molecule has 15 heavy (non-hydrogen) atoms. The van der Waals surface area contributed by atoms with Crippen molar-refractivity contribution in [3.63, 3.8) is 0 Å². The number of β-amino-alcohol motifs (C(OH)–C–C–N with tert-alkyl or cyclic N) is 1. The molecule has 0 saturated carbocycles. The van der Waals surface area contributed by atoms with E-state index in [1.165, 1.54) is 0 Å². The van der Waals surface area contributed by atoms with Crippen molar-refractivity contribution in [1.82, 2.24) is 4.90 Å². The van der Waals surface area contributed by atoms with Gasteiger partial charge >= 0.3 is 0 Å². The molecule has 1 amide bonds. The molecule has 0 bridgehead atoms. The fraction of sp³-hybridized carbons (Fsp3) is 0.545. The first-order chi connectivity index (χ1) is 7.08. The average Bonchev–Trinajstić information content (AvgIpc) is 2.71. The van der Waals surface area contributed by atoms with Crippen molar-refractivity contribution in [2.45, 2.75) is 26.4 Å². The number of aryl methyl sites for hydroxylation is 2. The molecule has 1 fully saturated rings. The number of carbonyl (C=O) groups is 1. The Balaban J connectivity index is 2.17. The summed E-state index contributed by atoms with van der Waals surface area (Å²) < 4.78 is 5.31. The lowest BCUT2D eigenvalue weighted by molar-refractivity contribution is 0.0763. The molecule has 2 rings (SSSR count). The predicted octanol–water partition coefficient (Wildman–Crippen LogP) is 1.10. The van der Waals surface area contributed by atoms with Crippen molar-refractivity contribution in [2.24, 2.45) is 0 Å². The molecule has 1 aromatic rings. The summed E-state index contributed by atoms with van der Waals surface area (Å²) in [4.78, 5) is 13.7. The molecule has 82 valence electrons. The van der Waals surface area contributed by atoms with E-state index in [1.807, 2.05) is 6.92 Å². The van der Waals surface area contributed by atoms with E-state index in [2.05, 4.69) is 0 Å². The van der Waals surface area contributed by atoms with E-state index in [-0.39, 0.29) is 12.0 Å². The molecule has 1 aliphatic heterocycles. The van der Waals surface area contributed by atoms with Crippen LogP contribution in [0.1, 0.15) is 28.3 Å². The van der Waals surface area contributed by atoms with E-state index in [0.29, 0.717) is 30.8 Å². The van der Waals surface area contributed by atoms with Gasteiger partial charge in [-0.25, -0.2) is 0 Å². The Morgan fingerprint density at radius 1 is 1.60 bits per heavy atom. The summed E-state index contributed by atoms with van der Waals surface area (Å²) >= 11 is 0. The van der Waals surface area contributed by atoms with Crippen LogP contribution >= 0.6 is 0 Å². The molecule has 0 spiro atoms. The van der Waals surface area contributed by atoms with Crippen molar-refractivity contribution < 1.29 is 14.3 Å². The number of amides is 1. The van der Waals surface area contributed by atoms with E-state index in [4.69, 9.17) is 4.42 Å². The second-order valence-electron chi connectivity index (χ2n) is 4.02. The normalized spacial score (nSPS) is 21.0. The zero-order valence-electron chi connectivity index (χ0n) is 8.99. The van der Waals surface area contributed by atoms with Crippen molar-refractivity contribution in [1.29, 1.82) is 0 Å². The van der Waals surface area contributed by atoms with Gasteiger partial charge in [0, 0.05) is 13.1 Å². The average molecular weight is 209 g/mol. The molecule has 4 nitrogen and oxygen atoms in total. The summed E-state index contributed by atoms with van der Waals surface area (Å²) in [7, 11) is 0. The molecular weight excluding hydrogens is 194 g/mol. The number of likely N-dealkylation sites (tertiary alicyclic amines) is 1. The number of aliphatic hydroxyl groups excluding tert-OH is 1. The summed E-state index contributed by atoms with van der Waals surface area (Å²) in [6, 6.07) is 1.75. The minimum absolute atomic E-state index is 0.0408. The summed E-state index contributed by atoms with van der Waals surface area (Å²) in [5.41, 5.74) is 0.613. The molecule has 0 aliphatic carbocycles. The van der Waals surface area contributed by atoms with Gasteiger partial charge in [-0.1, -0.05) is 0 Å². The quantitative estimate of drug-likeness (QED) is 0.753. The van der Waals surface area contributed by atoms with Gasteiger partial charge in [-0.3, -0.25) is 4.79 Å². The number of carbonyl (C=O) groups excluding carboxylic acids is 1. The Kier molecular flexibility index (Phi) is 2.52. The van der Waals surface area contributed by atoms with Gasteiger partial charge in [-0.05, 0) is 26.3 Å². The predicted molar refractivity (Wildman–Crippen MR) is 54.7 cm³/mol. The van der Waals surface area contributed by atoms with E-state index in [0.717, 1.165) is 5.76 Å². The van der Waals surface area contributed by atoms with Crippen LogP contribution in [0.2, 0.25) is 0 Å². The van der Waals surface area contributed by atoms with E-state index < -0.39 is 0 Å². The number of aliphatic hydroxyl groups is 1. The third-order valence-corrected chi connectivity index (χ3v) is 2.72. The lowest BCUT2D eigenvalue weighted by atomic mass is 10.2. The van der Waals surface area contributed by atoms with Gasteiger partial charge in [-0.15, -0.1) is 0 Å². The van der Waals surface area contributed by atoms with Gasteiger partial charge in [0.1, 0.15) is 11.5 Å². The maximum atomic E-state index is 12.0. The van der Waals surface area contributed by atoms with Crippen LogP contribution in [0.5, 0.6) is 0 Å². The van der Waals surface area contributed by atoms with Crippen LogP contribution in [0.25, 0.3) is 0 Å². The summed E-state index contributed by atoms with van der Waals surface area (Å²) in [6.07, 6.45) is 0.295. The Morgan fingerprint density at radius 3 is 2.80 bits per heavy atom. The van der Waals surface area contributed by atoms with Crippen molar-refractivity contribution in [3.8, 4) is 0 Å². The van der Waals surface area contributed by atoms with Gasteiger partial charge in [0.05, 0.1) is 11.7 Å². The van der Waals surface area contributed by atoms with Crippen LogP contribution in [-0.2, 0) is 0 Å². The molecule has 2 heterocycles. The number of hydrogen-bond donors (Lipinski definition) is 1. The van der Waals surface area contributed by atoms with E-state index >= 15 is 0 Å². The molecule has 1 N–H and O–H groups in total. The third kappa shape index (κ3) is 1.90. The molecule has 1 aliphatic rings. The van der Waals surface area contributed by atoms with Crippen LogP contribution < -0.4 is 0 Å². The fourth-order valence-electron chi connectivity index (χ4n) is 1.94. The highest BCUT2D eigenvalue weighted by Crippen LogP contribution is 2.19. The highest BCUT2D eigenvalue weighted by Gasteiger charge is 2.27. The second kappa shape index (κ2) is 3.70. The number of rotatable bonds is 1. The fourth-order valence-corrected chi connectivity index (χ4v) is 1.94. The first kappa shape index (κ1) is 10.2. The maximum Gasteiger partial charge on any atom is 0.257 e. The van der Waals surface area contributed by atoms with Crippen molar-refractivity contribution >= 4 is 5.91 Å². The molecule has 1 atom stereocenters. The van der Waals surface area contributed by atoms with Crippen molar-refractivity contribution in [2.75, 3.05) is 13.1 Å². The summed E-state index contributed by atoms with van der Waals surface area (Å²) in [5, 5.41) is 9.35. The van der Waals surface area contributed by atoms with Gasteiger partial charge < -0.3 is 14.4 Å². The summed E-state index contributed by atoms with van der Waals surface area (Å²) in [5.74, 6) is 1.36. The van der Waals surface area contributed by atoms with Crippen LogP contribution in [-0.4, -0.2) is 35.1 Å². The number of nitrogens with zero attached hydrogens (tertiary/aromatic N) is 1. The molecule has 1 aromatic heterocycles. The Hall–Kier alpha value is -1.29. The van der Waals surface area contributed by atoms with E-state index in [1.54, 1.807) is 17.9 Å². The summed E-state index contributed by atoms with van der Waals surface area (Å²) in [6.45, 7) is 4.67. The Morgan fingerprint density at radius 2 is 2.33 bits per heavy atom. The SMILES string of the molecule is Cc1cc(C(=O)N2CC[C@H](O)C2)c(C)o1. The molecule has 0 radical (unpaired) electrons. The lowest BCUT2D eigenvalue weighted by Crippen LogP contribution is -2.29. The highest BCUT2D eigenvalue weighted by atomic mass is 16.3. The molecular formula is C11H15NO3. The minimum atomic E-state index is -0.373. The van der Waals surface area contributed by atoms with Gasteiger partial charge in [0.25, 0.3) is 5.91 Å². The maximum absolute atomic E-state index is 12.0. The number of hydrogen-bond acceptors (Lipinski definition) is 3. The van der Waals surface area contributed by atoms with Crippen molar-refractivity contribution in [3.05, 3.63) is 23.2 Å². The lowest BCUT2D eigenvalue weighted by Gasteiger charge is -2.14. The zero-order chi connectivity index (χ0) is 11.0. The first-order valence-corrected chi connectivity index (χ1v) is 5.12. The van der Waals surface area contributed by atoms with Crippen LogP contribution in [0.4, 0.5) is 0 Å². The first-order valence-electron chi connectivity index (χ1n) is 5.12. The molecule has 0 unspecified atom stereocenters. The topological polar surface area (TPSA) is 53.7 Å². The molecule has 4 heteroatoms. The van der Waals surface area contributed by atoms with Gasteiger partial charge in [-0.2, -0.15) is 0 Å². The molecule has 0 aromatic carbocycles. The number of furan rings is 1. The second-order valence-corrected chi connectivity index (χ2v) is 4.02. The smallest absolute Gasteiger partial charge is 0.257 e.